The van der Waals surface area contributed by atoms with E-state index in [2.05, 4.69) is 15.3 Å². The van der Waals surface area contributed by atoms with E-state index < -0.39 is 36.0 Å². The van der Waals surface area contributed by atoms with Crippen LogP contribution in [0.2, 0.25) is 0 Å². The Hall–Kier alpha value is -3.64. The number of anilines is 3. The lowest BCUT2D eigenvalue weighted by molar-refractivity contribution is -0.123. The number of fused-ring (bicyclic) bond motifs is 4. The van der Waals surface area contributed by atoms with Crippen LogP contribution in [0.1, 0.15) is 17.0 Å². The quantitative estimate of drug-likeness (QED) is 0.744. The molecule has 1 fully saturated rings. The van der Waals surface area contributed by atoms with Crippen LogP contribution in [0, 0.1) is 0 Å². The van der Waals surface area contributed by atoms with Crippen molar-refractivity contribution in [2.75, 3.05) is 34.8 Å². The third-order valence-corrected chi connectivity index (χ3v) is 5.08. The molecule has 2 aromatic heterocycles. The van der Waals surface area contributed by atoms with Crippen molar-refractivity contribution in [3.8, 4) is 0 Å². The van der Waals surface area contributed by atoms with Gasteiger partial charge in [-0.25, -0.2) is 14.8 Å². The summed E-state index contributed by atoms with van der Waals surface area (Å²) in [6.07, 6.45) is -1.11. The van der Waals surface area contributed by atoms with Crippen LogP contribution >= 0.6 is 0 Å². The molecule has 2 aliphatic rings. The summed E-state index contributed by atoms with van der Waals surface area (Å²) >= 11 is 0. The standard InChI is InChI=1S/C18H18F3N7O3/c1-26-5-2-3-11(16(26)30)24-17(31)28-10-4-6-27(8-10)12-7-22-13(25-14(12)28)15(29)23-9-18(19,20)21/h2-3,5,7,10H,4,6,8-9H2,1H3,(H,23,29)(H,24,31). The van der Waals surface area contributed by atoms with E-state index >= 15 is 0 Å². The highest BCUT2D eigenvalue weighted by molar-refractivity contribution is 6.05. The fraction of sp³-hybridized carbons (Fsp3) is 0.389. The van der Waals surface area contributed by atoms with Crippen LogP contribution in [0.4, 0.5) is 35.2 Å². The molecule has 0 spiro atoms. The molecule has 13 heteroatoms. The normalized spacial score (nSPS) is 17.4. The average molecular weight is 437 g/mol. The first-order valence-corrected chi connectivity index (χ1v) is 9.37. The number of nitrogens with zero attached hydrogens (tertiary/aromatic N) is 5. The number of rotatable bonds is 3. The van der Waals surface area contributed by atoms with Crippen LogP contribution in [-0.4, -0.2) is 58.3 Å². The maximum absolute atomic E-state index is 13.1. The van der Waals surface area contributed by atoms with E-state index in [4.69, 9.17) is 0 Å². The first-order valence-electron chi connectivity index (χ1n) is 9.37. The number of carbonyl (C=O) groups excluding carboxylic acids is 2. The molecule has 2 aromatic rings. The molecule has 4 rings (SSSR count). The second-order valence-electron chi connectivity index (χ2n) is 7.23. The van der Waals surface area contributed by atoms with Crippen LogP contribution in [-0.2, 0) is 7.05 Å². The van der Waals surface area contributed by atoms with Gasteiger partial charge in [-0.2, -0.15) is 13.2 Å². The molecule has 0 saturated carbocycles. The number of aromatic nitrogens is 3. The minimum atomic E-state index is -4.58. The zero-order valence-corrected chi connectivity index (χ0v) is 16.3. The molecule has 2 aliphatic heterocycles. The molecule has 1 atom stereocenters. The van der Waals surface area contributed by atoms with E-state index in [0.717, 1.165) is 0 Å². The summed E-state index contributed by atoms with van der Waals surface area (Å²) in [5.74, 6) is -1.49. The van der Waals surface area contributed by atoms with Gasteiger partial charge in [0.05, 0.1) is 17.9 Å². The highest BCUT2D eigenvalue weighted by atomic mass is 19.4. The number of halogens is 3. The first-order chi connectivity index (χ1) is 14.6. The lowest BCUT2D eigenvalue weighted by atomic mass is 10.2. The summed E-state index contributed by atoms with van der Waals surface area (Å²) in [5, 5.41) is 4.28. The Morgan fingerprint density at radius 2 is 2.10 bits per heavy atom. The molecule has 0 radical (unpaired) electrons. The highest BCUT2D eigenvalue weighted by Crippen LogP contribution is 2.38. The van der Waals surface area contributed by atoms with E-state index in [1.165, 1.54) is 21.7 Å². The first kappa shape index (κ1) is 20.6. The summed E-state index contributed by atoms with van der Waals surface area (Å²) in [7, 11) is 1.54. The van der Waals surface area contributed by atoms with E-state index in [0.29, 0.717) is 25.2 Å². The number of aryl methyl sites for hydroxylation is 1. The maximum Gasteiger partial charge on any atom is 0.405 e. The molecule has 2 bridgehead atoms. The molecule has 164 valence electrons. The monoisotopic (exact) mass is 437 g/mol. The van der Waals surface area contributed by atoms with Gasteiger partial charge in [-0.1, -0.05) is 0 Å². The van der Waals surface area contributed by atoms with Crippen molar-refractivity contribution in [3.63, 3.8) is 0 Å². The zero-order valence-electron chi connectivity index (χ0n) is 16.3. The Labute approximate surface area is 173 Å². The minimum absolute atomic E-state index is 0.0641. The zero-order chi connectivity index (χ0) is 22.3. The van der Waals surface area contributed by atoms with E-state index in [-0.39, 0.29) is 17.5 Å². The van der Waals surface area contributed by atoms with Gasteiger partial charge in [0, 0.05) is 26.3 Å². The molecule has 3 amide bonds. The second kappa shape index (κ2) is 7.56. The van der Waals surface area contributed by atoms with E-state index in [9.17, 15) is 27.6 Å². The van der Waals surface area contributed by atoms with Gasteiger partial charge in [-0.15, -0.1) is 0 Å². The van der Waals surface area contributed by atoms with Gasteiger partial charge in [0.2, 0.25) is 5.82 Å². The lowest BCUT2D eigenvalue weighted by Gasteiger charge is -2.35. The molecule has 4 heterocycles. The summed E-state index contributed by atoms with van der Waals surface area (Å²) in [4.78, 5) is 48.6. The van der Waals surface area contributed by atoms with Gasteiger partial charge < -0.3 is 20.1 Å². The smallest absolute Gasteiger partial charge is 0.365 e. The molecule has 0 aliphatic carbocycles. The van der Waals surface area contributed by atoms with Crippen molar-refractivity contribution in [1.29, 1.82) is 0 Å². The molecule has 0 aromatic carbocycles. The fourth-order valence-electron chi connectivity index (χ4n) is 3.61. The van der Waals surface area contributed by atoms with Crippen molar-refractivity contribution in [2.45, 2.75) is 18.6 Å². The Kier molecular flexibility index (Phi) is 5.03. The Morgan fingerprint density at radius 3 is 2.84 bits per heavy atom. The Bertz CT molecular complexity index is 1100. The third kappa shape index (κ3) is 4.02. The number of urea groups is 1. The van der Waals surface area contributed by atoms with Gasteiger partial charge >= 0.3 is 12.2 Å². The van der Waals surface area contributed by atoms with Crippen molar-refractivity contribution in [3.05, 3.63) is 40.7 Å². The van der Waals surface area contributed by atoms with Gasteiger partial charge in [-0.05, 0) is 18.6 Å². The average Bonchev–Trinajstić information content (AvgIpc) is 3.13. The summed E-state index contributed by atoms with van der Waals surface area (Å²) in [5.41, 5.74) is 0.141. The van der Waals surface area contributed by atoms with Crippen molar-refractivity contribution < 1.29 is 22.8 Å². The number of amides is 3. The van der Waals surface area contributed by atoms with Crippen LogP contribution in [0.3, 0.4) is 0 Å². The number of hydrogen-bond acceptors (Lipinski definition) is 6. The molecular formula is C18H18F3N7O3. The maximum atomic E-state index is 13.1. The Morgan fingerprint density at radius 1 is 1.32 bits per heavy atom. The summed E-state index contributed by atoms with van der Waals surface area (Å²) < 4.78 is 38.5. The second-order valence-corrected chi connectivity index (χ2v) is 7.23. The molecule has 31 heavy (non-hydrogen) atoms. The van der Waals surface area contributed by atoms with Gasteiger partial charge in [0.1, 0.15) is 12.2 Å². The van der Waals surface area contributed by atoms with Crippen molar-refractivity contribution >= 4 is 29.1 Å². The summed E-state index contributed by atoms with van der Waals surface area (Å²) in [6.45, 7) is -0.393. The molecular weight excluding hydrogens is 419 g/mol. The predicted octanol–water partition coefficient (Wildman–Crippen LogP) is 1.10. The summed E-state index contributed by atoms with van der Waals surface area (Å²) in [6, 6.07) is 2.16. The number of alkyl halides is 3. The molecule has 2 N–H and O–H groups in total. The van der Waals surface area contributed by atoms with Gasteiger partial charge in [0.15, 0.2) is 5.82 Å². The van der Waals surface area contributed by atoms with Gasteiger partial charge in [0.25, 0.3) is 11.5 Å². The van der Waals surface area contributed by atoms with Gasteiger partial charge in [-0.3, -0.25) is 14.5 Å². The van der Waals surface area contributed by atoms with Crippen LogP contribution in [0.15, 0.2) is 29.3 Å². The molecule has 1 unspecified atom stereocenters. The molecule has 10 nitrogen and oxygen atoms in total. The third-order valence-electron chi connectivity index (χ3n) is 5.08. The van der Waals surface area contributed by atoms with Crippen molar-refractivity contribution in [2.24, 2.45) is 7.05 Å². The SMILES string of the molecule is Cn1cccc(NC(=O)N2c3nc(C(=O)NCC(F)(F)F)ncc3N3CCC2C3)c1=O. The van der Waals surface area contributed by atoms with E-state index in [1.807, 2.05) is 4.90 Å². The van der Waals surface area contributed by atoms with E-state index in [1.54, 1.807) is 24.6 Å². The number of pyridine rings is 1. The number of nitrogens with one attached hydrogen (secondary N) is 2. The Balaban J connectivity index is 1.64. The number of hydrogen-bond donors (Lipinski definition) is 2. The van der Waals surface area contributed by atoms with Crippen LogP contribution in [0.5, 0.6) is 0 Å². The van der Waals surface area contributed by atoms with Crippen molar-refractivity contribution in [1.82, 2.24) is 19.9 Å². The number of carbonyl (C=O) groups is 2. The fourth-order valence-corrected chi connectivity index (χ4v) is 3.61. The highest BCUT2D eigenvalue weighted by Gasteiger charge is 2.41. The lowest BCUT2D eigenvalue weighted by Crippen LogP contribution is -2.49. The largest absolute Gasteiger partial charge is 0.405 e. The topological polar surface area (TPSA) is 112 Å². The van der Waals surface area contributed by atoms with Crippen LogP contribution in [0.25, 0.3) is 0 Å². The predicted molar refractivity (Wildman–Crippen MR) is 104 cm³/mol. The molecule has 1 saturated heterocycles. The van der Waals surface area contributed by atoms with Crippen LogP contribution < -0.4 is 26.0 Å². The minimum Gasteiger partial charge on any atom is -0.365 e.